The second kappa shape index (κ2) is 5.54. The highest BCUT2D eigenvalue weighted by Crippen LogP contribution is 2.24. The predicted molar refractivity (Wildman–Crippen MR) is 65.5 cm³/mol. The van der Waals surface area contributed by atoms with E-state index in [9.17, 15) is 9.90 Å². The number of carboxylic acid groups (broad SMARTS) is 1. The summed E-state index contributed by atoms with van der Waals surface area (Å²) >= 11 is 0. The zero-order chi connectivity index (χ0) is 13.1. The van der Waals surface area contributed by atoms with Gasteiger partial charge in [0.25, 0.3) is 0 Å². The molecule has 0 amide bonds. The van der Waals surface area contributed by atoms with Crippen molar-refractivity contribution >= 4 is 5.97 Å². The minimum Gasteiger partial charge on any atom is -0.478 e. The van der Waals surface area contributed by atoms with Crippen LogP contribution in [0.2, 0.25) is 0 Å². The Hall–Kier alpha value is -1.33. The molecule has 0 aromatic carbocycles. The highest BCUT2D eigenvalue weighted by atomic mass is 16.4. The normalized spacial score (nSPS) is 23.4. The first-order valence-electron chi connectivity index (χ1n) is 6.29. The maximum atomic E-state index is 10.8. The molecule has 0 spiro atoms. The first-order chi connectivity index (χ1) is 8.58. The van der Waals surface area contributed by atoms with Crippen LogP contribution in [0.15, 0.2) is 10.5 Å². The van der Waals surface area contributed by atoms with Gasteiger partial charge in [-0.2, -0.15) is 0 Å². The molecular weight excluding hydrogens is 234 g/mol. The molecule has 1 aromatic heterocycles. The zero-order valence-corrected chi connectivity index (χ0v) is 10.5. The van der Waals surface area contributed by atoms with Gasteiger partial charge in [-0.25, -0.2) is 4.79 Å². The smallest absolute Gasteiger partial charge is 0.339 e. The molecule has 3 N–H and O–H groups in total. The van der Waals surface area contributed by atoms with Crippen LogP contribution in [0.5, 0.6) is 0 Å². The molecule has 1 heterocycles. The second-order valence-electron chi connectivity index (χ2n) is 4.88. The molecule has 2 atom stereocenters. The van der Waals surface area contributed by atoms with E-state index in [4.69, 9.17) is 9.52 Å². The van der Waals surface area contributed by atoms with Gasteiger partial charge in [-0.3, -0.25) is 0 Å². The van der Waals surface area contributed by atoms with E-state index >= 15 is 0 Å². The number of aliphatic hydroxyl groups is 1. The molecule has 1 aromatic rings. The Morgan fingerprint density at radius 3 is 2.89 bits per heavy atom. The molecule has 0 saturated heterocycles. The first kappa shape index (κ1) is 13.1. The lowest BCUT2D eigenvalue weighted by molar-refractivity contribution is 0.0695. The third-order valence-corrected chi connectivity index (χ3v) is 3.52. The van der Waals surface area contributed by atoms with Gasteiger partial charge in [0.2, 0.25) is 0 Å². The van der Waals surface area contributed by atoms with Crippen molar-refractivity contribution in [3.05, 3.63) is 23.2 Å². The van der Waals surface area contributed by atoms with Crippen molar-refractivity contribution in [1.82, 2.24) is 5.32 Å². The Balaban J connectivity index is 1.83. The number of rotatable bonds is 5. The number of hydrogen-bond acceptors (Lipinski definition) is 4. The average molecular weight is 253 g/mol. The van der Waals surface area contributed by atoms with Gasteiger partial charge in [0.15, 0.2) is 0 Å². The summed E-state index contributed by atoms with van der Waals surface area (Å²) in [6, 6.07) is 1.55. The number of aryl methyl sites for hydroxylation is 1. The summed E-state index contributed by atoms with van der Waals surface area (Å²) < 4.78 is 5.36. The molecule has 5 heteroatoms. The van der Waals surface area contributed by atoms with Gasteiger partial charge >= 0.3 is 5.97 Å². The number of carbonyl (C=O) groups is 1. The molecule has 1 aliphatic rings. The Labute approximate surface area is 106 Å². The Morgan fingerprint density at radius 1 is 1.56 bits per heavy atom. The summed E-state index contributed by atoms with van der Waals surface area (Å²) in [5, 5.41) is 21.8. The number of carboxylic acids is 1. The van der Waals surface area contributed by atoms with Crippen molar-refractivity contribution in [2.24, 2.45) is 5.92 Å². The summed E-state index contributed by atoms with van der Waals surface area (Å²) in [4.78, 5) is 10.8. The van der Waals surface area contributed by atoms with Crippen LogP contribution < -0.4 is 5.32 Å². The highest BCUT2D eigenvalue weighted by Gasteiger charge is 2.24. The van der Waals surface area contributed by atoms with Crippen LogP contribution >= 0.6 is 0 Å². The molecule has 0 bridgehead atoms. The lowest BCUT2D eigenvalue weighted by atomic mass is 10.1. The number of furan rings is 1. The molecule has 100 valence electrons. The van der Waals surface area contributed by atoms with Crippen LogP contribution in [0.4, 0.5) is 0 Å². The van der Waals surface area contributed by atoms with Crippen LogP contribution in [0.3, 0.4) is 0 Å². The first-order valence-corrected chi connectivity index (χ1v) is 6.29. The van der Waals surface area contributed by atoms with Gasteiger partial charge in [-0.1, -0.05) is 6.42 Å². The van der Waals surface area contributed by atoms with Crippen LogP contribution in [0.1, 0.15) is 41.1 Å². The fraction of sp³-hybridized carbons (Fsp3) is 0.615. The maximum absolute atomic E-state index is 10.8. The minimum absolute atomic E-state index is 0.203. The zero-order valence-electron chi connectivity index (χ0n) is 10.5. The third kappa shape index (κ3) is 2.91. The predicted octanol–water partition coefficient (Wildman–Crippen LogP) is 1.54. The molecule has 2 unspecified atom stereocenters. The van der Waals surface area contributed by atoms with Crippen molar-refractivity contribution in [2.75, 3.05) is 6.54 Å². The quantitative estimate of drug-likeness (QED) is 0.741. The summed E-state index contributed by atoms with van der Waals surface area (Å²) in [5.74, 6) is 0.395. The Morgan fingerprint density at radius 2 is 2.33 bits per heavy atom. The van der Waals surface area contributed by atoms with Crippen LogP contribution in [0.25, 0.3) is 0 Å². The molecule has 1 fully saturated rings. The van der Waals surface area contributed by atoms with Crippen molar-refractivity contribution < 1.29 is 19.4 Å². The highest BCUT2D eigenvalue weighted by molar-refractivity contribution is 5.88. The van der Waals surface area contributed by atoms with Crippen LogP contribution in [-0.4, -0.2) is 28.8 Å². The van der Waals surface area contributed by atoms with Crippen LogP contribution in [-0.2, 0) is 6.54 Å². The molecule has 18 heavy (non-hydrogen) atoms. The number of nitrogens with one attached hydrogen (secondary N) is 1. The van der Waals surface area contributed by atoms with Gasteiger partial charge in [0.1, 0.15) is 17.1 Å². The van der Waals surface area contributed by atoms with Crippen molar-refractivity contribution in [3.8, 4) is 0 Å². The topological polar surface area (TPSA) is 82.7 Å². The molecule has 5 nitrogen and oxygen atoms in total. The van der Waals surface area contributed by atoms with Crippen LogP contribution in [0, 0.1) is 12.8 Å². The van der Waals surface area contributed by atoms with E-state index in [1.54, 1.807) is 13.0 Å². The van der Waals surface area contributed by atoms with E-state index in [0.717, 1.165) is 25.8 Å². The molecule has 0 aliphatic heterocycles. The number of aromatic carboxylic acids is 1. The van der Waals surface area contributed by atoms with Gasteiger partial charge in [0.05, 0.1) is 12.6 Å². The van der Waals surface area contributed by atoms with Crippen molar-refractivity contribution in [2.45, 2.75) is 38.8 Å². The molecule has 1 saturated carbocycles. The van der Waals surface area contributed by atoms with Gasteiger partial charge in [-0.05, 0) is 31.7 Å². The van der Waals surface area contributed by atoms with E-state index in [-0.39, 0.29) is 11.7 Å². The van der Waals surface area contributed by atoms with Gasteiger partial charge < -0.3 is 19.9 Å². The second-order valence-corrected chi connectivity index (χ2v) is 4.88. The fourth-order valence-electron chi connectivity index (χ4n) is 2.48. The van der Waals surface area contributed by atoms with E-state index in [1.165, 1.54) is 0 Å². The molecular formula is C13H19NO4. The van der Waals surface area contributed by atoms with E-state index in [0.29, 0.717) is 24.0 Å². The van der Waals surface area contributed by atoms with Crippen molar-refractivity contribution in [3.63, 3.8) is 0 Å². The van der Waals surface area contributed by atoms with E-state index in [1.807, 2.05) is 0 Å². The standard InChI is InChI=1S/C13H19NO4/c1-8-11(13(16)17)5-10(18-8)7-14-6-9-3-2-4-12(9)15/h5,9,12,14-15H,2-4,6-7H2,1H3,(H,16,17). The van der Waals surface area contributed by atoms with Gasteiger partial charge in [-0.15, -0.1) is 0 Å². The van der Waals surface area contributed by atoms with E-state index < -0.39 is 5.97 Å². The summed E-state index contributed by atoms with van der Waals surface area (Å²) in [5.41, 5.74) is 0.215. The molecule has 0 radical (unpaired) electrons. The van der Waals surface area contributed by atoms with Gasteiger partial charge in [0, 0.05) is 6.54 Å². The lowest BCUT2D eigenvalue weighted by Gasteiger charge is -2.14. The third-order valence-electron chi connectivity index (χ3n) is 3.52. The summed E-state index contributed by atoms with van der Waals surface area (Å²) in [7, 11) is 0. The molecule has 2 rings (SSSR count). The summed E-state index contributed by atoms with van der Waals surface area (Å²) in [6.07, 6.45) is 2.81. The number of aliphatic hydroxyl groups excluding tert-OH is 1. The SMILES string of the molecule is Cc1oc(CNCC2CCCC2O)cc1C(=O)O. The minimum atomic E-state index is -0.964. The largest absolute Gasteiger partial charge is 0.478 e. The Bertz CT molecular complexity index is 427. The van der Waals surface area contributed by atoms with Crippen molar-refractivity contribution in [1.29, 1.82) is 0 Å². The summed E-state index contributed by atoms with van der Waals surface area (Å²) in [6.45, 7) is 2.88. The Kier molecular flexibility index (Phi) is 4.04. The molecule has 1 aliphatic carbocycles. The lowest BCUT2D eigenvalue weighted by Crippen LogP contribution is -2.27. The van der Waals surface area contributed by atoms with E-state index in [2.05, 4.69) is 5.32 Å². The fourth-order valence-corrected chi connectivity index (χ4v) is 2.48. The maximum Gasteiger partial charge on any atom is 0.339 e. The monoisotopic (exact) mass is 253 g/mol. The average Bonchev–Trinajstić information content (AvgIpc) is 2.86. The number of hydrogen-bond donors (Lipinski definition) is 3.